The fourth-order valence-electron chi connectivity index (χ4n) is 2.38. The third-order valence-corrected chi connectivity index (χ3v) is 5.39. The van der Waals surface area contributed by atoms with Crippen LogP contribution in [-0.4, -0.2) is 42.4 Å². The van der Waals surface area contributed by atoms with Crippen molar-refractivity contribution >= 4 is 70.0 Å². The molecule has 0 aliphatic carbocycles. The van der Waals surface area contributed by atoms with E-state index in [0.29, 0.717) is 27.9 Å². The number of amides is 2. The summed E-state index contributed by atoms with van der Waals surface area (Å²) in [5.41, 5.74) is 0.587. The second-order valence-electron chi connectivity index (χ2n) is 6.07. The van der Waals surface area contributed by atoms with Gasteiger partial charge in [-0.15, -0.1) is 0 Å². The first kappa shape index (κ1) is 24.3. The average molecular weight is 490 g/mol. The number of hydrogen-bond donors (Lipinski definition) is 2. The number of nitrogens with one attached hydrogen (secondary N) is 2. The van der Waals surface area contributed by atoms with Crippen molar-refractivity contribution in [3.05, 3.63) is 63.1 Å². The summed E-state index contributed by atoms with van der Waals surface area (Å²) in [7, 11) is 0. The van der Waals surface area contributed by atoms with Gasteiger partial charge in [-0.1, -0.05) is 46.9 Å². The van der Waals surface area contributed by atoms with Crippen LogP contribution < -0.4 is 10.6 Å². The molecule has 2 rings (SSSR count). The molecule has 160 valence electrons. The lowest BCUT2D eigenvalue weighted by Gasteiger charge is -2.18. The second kappa shape index (κ2) is 12.1. The highest BCUT2D eigenvalue weighted by molar-refractivity contribution is 7.98. The standard InChI is InChI=1S/C20H19Cl3N2O4S/c1-30-9-8-17(25-19(27)13-7-6-12(21)10-15(13)23)20(28)29-11-18(26)24-16-5-3-2-4-14(16)22/h2-7,10,17H,8-9,11H2,1H3,(H,24,26)(H,25,27). The number of benzene rings is 2. The summed E-state index contributed by atoms with van der Waals surface area (Å²) in [5.74, 6) is -1.22. The Morgan fingerprint density at radius 3 is 2.47 bits per heavy atom. The number of thioether (sulfide) groups is 1. The monoisotopic (exact) mass is 488 g/mol. The molecule has 0 aliphatic heterocycles. The Bertz CT molecular complexity index is 927. The number of ether oxygens (including phenoxy) is 1. The highest BCUT2D eigenvalue weighted by atomic mass is 35.5. The predicted molar refractivity (Wildman–Crippen MR) is 122 cm³/mol. The summed E-state index contributed by atoms with van der Waals surface area (Å²) in [6.45, 7) is -0.516. The molecule has 0 spiro atoms. The average Bonchev–Trinajstić information content (AvgIpc) is 2.70. The molecule has 6 nitrogen and oxygen atoms in total. The van der Waals surface area contributed by atoms with Crippen molar-refractivity contribution in [3.63, 3.8) is 0 Å². The number of para-hydroxylation sites is 1. The molecule has 0 heterocycles. The third kappa shape index (κ3) is 7.40. The smallest absolute Gasteiger partial charge is 0.329 e. The lowest BCUT2D eigenvalue weighted by Crippen LogP contribution is -2.43. The summed E-state index contributed by atoms with van der Waals surface area (Å²) < 4.78 is 5.09. The van der Waals surface area contributed by atoms with Crippen molar-refractivity contribution in [2.75, 3.05) is 23.9 Å². The van der Waals surface area contributed by atoms with Crippen LogP contribution in [0.2, 0.25) is 15.1 Å². The Hall–Kier alpha value is -1.93. The van der Waals surface area contributed by atoms with Crippen LogP contribution in [0.1, 0.15) is 16.8 Å². The topological polar surface area (TPSA) is 84.5 Å². The zero-order chi connectivity index (χ0) is 22.1. The molecule has 0 bridgehead atoms. The predicted octanol–water partition coefficient (Wildman–Crippen LogP) is 4.68. The van der Waals surface area contributed by atoms with Crippen LogP contribution >= 0.6 is 46.6 Å². The fraction of sp³-hybridized carbons (Fsp3) is 0.250. The van der Waals surface area contributed by atoms with E-state index >= 15 is 0 Å². The molecule has 0 aromatic heterocycles. The maximum atomic E-state index is 12.5. The van der Waals surface area contributed by atoms with Gasteiger partial charge < -0.3 is 15.4 Å². The largest absolute Gasteiger partial charge is 0.454 e. The number of anilines is 1. The Morgan fingerprint density at radius 1 is 1.07 bits per heavy atom. The van der Waals surface area contributed by atoms with E-state index in [1.807, 2.05) is 6.26 Å². The summed E-state index contributed by atoms with van der Waals surface area (Å²) in [6, 6.07) is 10.2. The van der Waals surface area contributed by atoms with Gasteiger partial charge in [-0.05, 0) is 48.8 Å². The van der Waals surface area contributed by atoms with E-state index in [2.05, 4.69) is 10.6 Å². The molecule has 2 aromatic rings. The first-order valence-corrected chi connectivity index (χ1v) is 11.3. The van der Waals surface area contributed by atoms with Crippen molar-refractivity contribution < 1.29 is 19.1 Å². The first-order valence-electron chi connectivity index (χ1n) is 8.77. The molecule has 0 radical (unpaired) electrons. The van der Waals surface area contributed by atoms with E-state index in [9.17, 15) is 14.4 Å². The summed E-state index contributed by atoms with van der Waals surface area (Å²) in [4.78, 5) is 37.1. The fourth-order valence-corrected chi connectivity index (χ4v) is 3.53. The summed E-state index contributed by atoms with van der Waals surface area (Å²) in [5, 5.41) is 6.08. The first-order chi connectivity index (χ1) is 14.3. The molecular weight excluding hydrogens is 471 g/mol. The van der Waals surface area contributed by atoms with Gasteiger partial charge in [0.05, 0.1) is 21.3 Å². The van der Waals surface area contributed by atoms with E-state index in [-0.39, 0.29) is 10.6 Å². The van der Waals surface area contributed by atoms with Gasteiger partial charge in [-0.3, -0.25) is 9.59 Å². The molecule has 1 unspecified atom stereocenters. The molecule has 0 aliphatic rings. The van der Waals surface area contributed by atoms with Gasteiger partial charge in [0.1, 0.15) is 6.04 Å². The molecule has 10 heteroatoms. The minimum atomic E-state index is -0.940. The lowest BCUT2D eigenvalue weighted by atomic mass is 10.1. The Morgan fingerprint density at radius 2 is 1.80 bits per heavy atom. The zero-order valence-electron chi connectivity index (χ0n) is 15.9. The highest BCUT2D eigenvalue weighted by Gasteiger charge is 2.24. The maximum Gasteiger partial charge on any atom is 0.329 e. The third-order valence-electron chi connectivity index (χ3n) is 3.87. The molecule has 0 fully saturated rings. The molecule has 1 atom stereocenters. The van der Waals surface area contributed by atoms with Crippen molar-refractivity contribution in [1.82, 2.24) is 5.32 Å². The van der Waals surface area contributed by atoms with Gasteiger partial charge in [0.2, 0.25) is 0 Å². The van der Waals surface area contributed by atoms with Gasteiger partial charge in [0.15, 0.2) is 6.61 Å². The van der Waals surface area contributed by atoms with E-state index in [4.69, 9.17) is 39.5 Å². The quantitative estimate of drug-likeness (QED) is 0.500. The van der Waals surface area contributed by atoms with Gasteiger partial charge in [-0.2, -0.15) is 11.8 Å². The van der Waals surface area contributed by atoms with E-state index in [1.165, 1.54) is 30.0 Å². The van der Waals surface area contributed by atoms with Crippen LogP contribution in [0, 0.1) is 0 Å². The highest BCUT2D eigenvalue weighted by Crippen LogP contribution is 2.22. The number of carbonyl (C=O) groups is 3. The number of halogens is 3. The van der Waals surface area contributed by atoms with E-state index < -0.39 is 30.4 Å². The van der Waals surface area contributed by atoms with Gasteiger partial charge in [0, 0.05) is 5.02 Å². The SMILES string of the molecule is CSCCC(NC(=O)c1ccc(Cl)cc1Cl)C(=O)OCC(=O)Nc1ccccc1Cl. The van der Waals surface area contributed by atoms with Crippen molar-refractivity contribution in [2.24, 2.45) is 0 Å². The summed E-state index contributed by atoms with van der Waals surface area (Å²) >= 11 is 19.4. The molecule has 0 saturated carbocycles. The number of carbonyl (C=O) groups excluding carboxylic acids is 3. The Balaban J connectivity index is 1.97. The van der Waals surface area contributed by atoms with Gasteiger partial charge in [0.25, 0.3) is 11.8 Å². The Kier molecular flexibility index (Phi) is 9.78. The molecule has 2 aromatic carbocycles. The molecule has 2 N–H and O–H groups in total. The van der Waals surface area contributed by atoms with Gasteiger partial charge >= 0.3 is 5.97 Å². The molecule has 2 amide bonds. The minimum absolute atomic E-state index is 0.163. The minimum Gasteiger partial charge on any atom is -0.454 e. The van der Waals surface area contributed by atoms with E-state index in [0.717, 1.165) is 0 Å². The van der Waals surface area contributed by atoms with Crippen molar-refractivity contribution in [3.8, 4) is 0 Å². The normalized spacial score (nSPS) is 11.5. The van der Waals surface area contributed by atoms with Crippen LogP contribution in [0.4, 0.5) is 5.69 Å². The van der Waals surface area contributed by atoms with Crippen molar-refractivity contribution in [2.45, 2.75) is 12.5 Å². The van der Waals surface area contributed by atoms with E-state index in [1.54, 1.807) is 24.3 Å². The molecule has 30 heavy (non-hydrogen) atoms. The number of rotatable bonds is 9. The molecular formula is C20H19Cl3N2O4S. The number of hydrogen-bond acceptors (Lipinski definition) is 5. The maximum absolute atomic E-state index is 12.5. The zero-order valence-corrected chi connectivity index (χ0v) is 19.0. The Labute approximate surface area is 193 Å². The molecule has 0 saturated heterocycles. The van der Waals surface area contributed by atoms with Crippen LogP contribution in [-0.2, 0) is 14.3 Å². The van der Waals surface area contributed by atoms with Crippen LogP contribution in [0.25, 0.3) is 0 Å². The van der Waals surface area contributed by atoms with Crippen LogP contribution in [0.5, 0.6) is 0 Å². The van der Waals surface area contributed by atoms with Crippen LogP contribution in [0.15, 0.2) is 42.5 Å². The second-order valence-corrected chi connectivity index (χ2v) is 8.30. The van der Waals surface area contributed by atoms with Crippen LogP contribution in [0.3, 0.4) is 0 Å². The number of esters is 1. The summed E-state index contributed by atoms with van der Waals surface area (Å²) in [6.07, 6.45) is 2.19. The van der Waals surface area contributed by atoms with Crippen molar-refractivity contribution in [1.29, 1.82) is 0 Å². The van der Waals surface area contributed by atoms with Gasteiger partial charge in [-0.25, -0.2) is 4.79 Å². The lowest BCUT2D eigenvalue weighted by molar-refractivity contribution is -0.149.